The molecule has 0 aliphatic carbocycles. The van der Waals surface area contributed by atoms with Gasteiger partial charge in [0.1, 0.15) is 12.0 Å². The van der Waals surface area contributed by atoms with Crippen LogP contribution in [0.3, 0.4) is 0 Å². The van der Waals surface area contributed by atoms with E-state index < -0.39 is 0 Å². The predicted molar refractivity (Wildman–Crippen MR) is 51.6 cm³/mol. The normalized spacial score (nSPS) is 8.43. The van der Waals surface area contributed by atoms with Crippen molar-refractivity contribution < 1.29 is 19.8 Å². The van der Waals surface area contributed by atoms with Crippen molar-refractivity contribution in [1.82, 2.24) is 0 Å². The number of carbonyl (C=O) groups is 2. The number of phenols is 1. The second kappa shape index (κ2) is 6.80. The van der Waals surface area contributed by atoms with E-state index in [1.54, 1.807) is 6.92 Å². The van der Waals surface area contributed by atoms with Gasteiger partial charge in [-0.2, -0.15) is 0 Å². The number of carbonyl (C=O) groups excluding carboxylic acids is 2. The quantitative estimate of drug-likeness (QED) is 0.692. The first-order valence-electron chi connectivity index (χ1n) is 4.03. The molecule has 0 fully saturated rings. The van der Waals surface area contributed by atoms with Crippen molar-refractivity contribution in [2.45, 2.75) is 6.92 Å². The maximum absolute atomic E-state index is 10.2. The first-order chi connectivity index (χ1) is 6.69. The van der Waals surface area contributed by atoms with Gasteiger partial charge in [-0.05, 0) is 25.1 Å². The van der Waals surface area contributed by atoms with Crippen molar-refractivity contribution in [3.8, 4) is 5.75 Å². The topological polar surface area (TPSA) is 74.6 Å². The van der Waals surface area contributed by atoms with Gasteiger partial charge in [-0.1, -0.05) is 0 Å². The number of benzene rings is 1. The third-order valence-corrected chi connectivity index (χ3v) is 1.31. The summed E-state index contributed by atoms with van der Waals surface area (Å²) in [6.07, 6.45) is 1.12. The Hall–Kier alpha value is -1.68. The summed E-state index contributed by atoms with van der Waals surface area (Å²) in [7, 11) is 0. The molecule has 0 heterocycles. The molecule has 0 radical (unpaired) electrons. The Morgan fingerprint density at radius 2 is 1.86 bits per heavy atom. The van der Waals surface area contributed by atoms with Gasteiger partial charge in [-0.3, -0.25) is 9.59 Å². The Bertz CT molecular complexity index is 307. The van der Waals surface area contributed by atoms with Gasteiger partial charge in [-0.15, -0.1) is 0 Å². The van der Waals surface area contributed by atoms with Gasteiger partial charge in [-0.25, -0.2) is 0 Å². The van der Waals surface area contributed by atoms with Crippen LogP contribution in [0.2, 0.25) is 0 Å². The molecule has 4 heteroatoms. The van der Waals surface area contributed by atoms with Gasteiger partial charge >= 0.3 is 0 Å². The maximum atomic E-state index is 10.2. The van der Waals surface area contributed by atoms with Crippen LogP contribution in [0.4, 0.5) is 0 Å². The Kier molecular flexibility index (Phi) is 5.98. The van der Waals surface area contributed by atoms with Gasteiger partial charge in [0, 0.05) is 12.2 Å². The van der Waals surface area contributed by atoms with Gasteiger partial charge in [0.15, 0.2) is 6.29 Å². The Morgan fingerprint density at radius 3 is 2.29 bits per heavy atom. The van der Waals surface area contributed by atoms with Gasteiger partial charge in [0.25, 0.3) is 0 Å². The molecule has 4 nitrogen and oxygen atoms in total. The van der Waals surface area contributed by atoms with Gasteiger partial charge in [0.05, 0.1) is 5.56 Å². The molecule has 0 aromatic heterocycles. The fourth-order valence-corrected chi connectivity index (χ4v) is 0.741. The van der Waals surface area contributed by atoms with Crippen molar-refractivity contribution in [2.75, 3.05) is 6.61 Å². The Morgan fingerprint density at radius 1 is 1.29 bits per heavy atom. The standard InChI is InChI=1S/C8H6O3.C2H6O/c9-4-6-1-2-8(11)7(3-6)5-10;1-2-3/h1-5,11H;3H,2H2,1H3. The molecule has 0 saturated heterocycles. The summed E-state index contributed by atoms with van der Waals surface area (Å²) in [5.74, 6) is -0.106. The van der Waals surface area contributed by atoms with Crippen molar-refractivity contribution >= 4 is 12.6 Å². The fraction of sp³-hybridized carbons (Fsp3) is 0.200. The average molecular weight is 196 g/mol. The summed E-state index contributed by atoms with van der Waals surface area (Å²) < 4.78 is 0. The molecule has 76 valence electrons. The fourth-order valence-electron chi connectivity index (χ4n) is 0.741. The van der Waals surface area contributed by atoms with E-state index in [-0.39, 0.29) is 17.9 Å². The molecule has 0 saturated carbocycles. The Balaban J connectivity index is 0.000000500. The van der Waals surface area contributed by atoms with Crippen LogP contribution < -0.4 is 0 Å². The summed E-state index contributed by atoms with van der Waals surface area (Å²) in [5, 5.41) is 16.6. The number of aromatic hydroxyl groups is 1. The first kappa shape index (κ1) is 12.3. The highest BCUT2D eigenvalue weighted by molar-refractivity contribution is 5.84. The lowest BCUT2D eigenvalue weighted by Gasteiger charge is -1.95. The molecule has 2 N–H and O–H groups in total. The highest BCUT2D eigenvalue weighted by atomic mass is 16.3. The number of hydrogen-bond acceptors (Lipinski definition) is 4. The maximum Gasteiger partial charge on any atom is 0.153 e. The molecular formula is C10H12O4. The van der Waals surface area contributed by atoms with Crippen LogP contribution in [0.15, 0.2) is 18.2 Å². The highest BCUT2D eigenvalue weighted by Gasteiger charge is 1.99. The number of phenolic OH excluding ortho intramolecular Hbond substituents is 1. The summed E-state index contributed by atoms with van der Waals surface area (Å²) in [6, 6.07) is 4.08. The minimum Gasteiger partial charge on any atom is -0.507 e. The lowest BCUT2D eigenvalue weighted by atomic mass is 10.1. The SMILES string of the molecule is CCO.O=Cc1ccc(O)c(C=O)c1. The zero-order valence-electron chi connectivity index (χ0n) is 7.80. The molecule has 0 spiro atoms. The largest absolute Gasteiger partial charge is 0.507 e. The van der Waals surface area contributed by atoms with Gasteiger partial charge in [0.2, 0.25) is 0 Å². The van der Waals surface area contributed by atoms with Crippen molar-refractivity contribution in [3.05, 3.63) is 29.3 Å². The third-order valence-electron chi connectivity index (χ3n) is 1.31. The predicted octanol–water partition coefficient (Wildman–Crippen LogP) is 1.02. The first-order valence-corrected chi connectivity index (χ1v) is 4.03. The molecule has 0 bridgehead atoms. The molecule has 0 atom stereocenters. The molecule has 14 heavy (non-hydrogen) atoms. The van der Waals surface area contributed by atoms with E-state index in [0.29, 0.717) is 18.1 Å². The van der Waals surface area contributed by atoms with Crippen LogP contribution in [0.5, 0.6) is 5.75 Å². The summed E-state index contributed by atoms with van der Waals surface area (Å²) in [6.45, 7) is 1.93. The smallest absolute Gasteiger partial charge is 0.153 e. The van der Waals surface area contributed by atoms with E-state index in [4.69, 9.17) is 10.2 Å². The second-order valence-electron chi connectivity index (χ2n) is 2.37. The lowest BCUT2D eigenvalue weighted by Crippen LogP contribution is -1.85. The minimum atomic E-state index is -0.106. The van der Waals surface area contributed by atoms with Crippen LogP contribution in [-0.2, 0) is 0 Å². The lowest BCUT2D eigenvalue weighted by molar-refractivity contribution is 0.112. The molecule has 0 aliphatic heterocycles. The van der Waals surface area contributed by atoms with Crippen molar-refractivity contribution in [1.29, 1.82) is 0 Å². The van der Waals surface area contributed by atoms with E-state index in [0.717, 1.165) is 0 Å². The van der Waals surface area contributed by atoms with E-state index in [9.17, 15) is 9.59 Å². The number of aliphatic hydroxyl groups excluding tert-OH is 1. The van der Waals surface area contributed by atoms with Crippen LogP contribution in [0, 0.1) is 0 Å². The molecular weight excluding hydrogens is 184 g/mol. The van der Waals surface area contributed by atoms with Crippen molar-refractivity contribution in [3.63, 3.8) is 0 Å². The highest BCUT2D eigenvalue weighted by Crippen LogP contribution is 2.14. The molecule has 1 aromatic rings. The summed E-state index contributed by atoms with van der Waals surface area (Å²) >= 11 is 0. The zero-order valence-corrected chi connectivity index (χ0v) is 7.80. The summed E-state index contributed by atoms with van der Waals surface area (Å²) in [4.78, 5) is 20.4. The zero-order chi connectivity index (χ0) is 11.0. The summed E-state index contributed by atoms with van der Waals surface area (Å²) in [5.41, 5.74) is 0.513. The van der Waals surface area contributed by atoms with E-state index in [1.807, 2.05) is 0 Å². The monoisotopic (exact) mass is 196 g/mol. The molecule has 0 aliphatic rings. The van der Waals surface area contributed by atoms with Crippen LogP contribution in [-0.4, -0.2) is 29.4 Å². The number of hydrogen-bond donors (Lipinski definition) is 2. The average Bonchev–Trinajstić information content (AvgIpc) is 2.20. The number of aldehydes is 2. The molecule has 0 unspecified atom stereocenters. The number of rotatable bonds is 2. The van der Waals surface area contributed by atoms with Crippen LogP contribution >= 0.6 is 0 Å². The minimum absolute atomic E-state index is 0.106. The van der Waals surface area contributed by atoms with E-state index >= 15 is 0 Å². The Labute approximate surface area is 81.8 Å². The van der Waals surface area contributed by atoms with Crippen molar-refractivity contribution in [2.24, 2.45) is 0 Å². The molecule has 1 aromatic carbocycles. The van der Waals surface area contributed by atoms with Crippen LogP contribution in [0.1, 0.15) is 27.6 Å². The van der Waals surface area contributed by atoms with E-state index in [2.05, 4.69) is 0 Å². The molecule has 1 rings (SSSR count). The van der Waals surface area contributed by atoms with E-state index in [1.165, 1.54) is 18.2 Å². The molecule has 0 amide bonds. The second-order valence-corrected chi connectivity index (χ2v) is 2.37. The third kappa shape index (κ3) is 3.82. The number of aliphatic hydroxyl groups is 1. The van der Waals surface area contributed by atoms with Crippen LogP contribution in [0.25, 0.3) is 0 Å². The van der Waals surface area contributed by atoms with Gasteiger partial charge < -0.3 is 10.2 Å².